The monoisotopic (exact) mass is 504 g/mol. The molecular formula is C29H48N2O3S. The van der Waals surface area contributed by atoms with Gasteiger partial charge in [0.25, 0.3) is 10.2 Å². The van der Waals surface area contributed by atoms with Gasteiger partial charge in [-0.2, -0.15) is 13.1 Å². The number of hydrogen-bond donors (Lipinski definition) is 2. The van der Waals surface area contributed by atoms with Gasteiger partial charge in [-0.3, -0.25) is 0 Å². The van der Waals surface area contributed by atoms with Crippen LogP contribution >= 0.6 is 0 Å². The lowest BCUT2D eigenvalue weighted by Crippen LogP contribution is -2.51. The molecule has 6 heteroatoms. The van der Waals surface area contributed by atoms with E-state index in [0.29, 0.717) is 23.4 Å². The number of fused-ring (bicyclic) bond motifs is 6. The van der Waals surface area contributed by atoms with Crippen LogP contribution in [0.15, 0.2) is 11.1 Å². The van der Waals surface area contributed by atoms with E-state index in [4.69, 9.17) is 9.88 Å². The molecule has 0 aromatic carbocycles. The van der Waals surface area contributed by atoms with Crippen molar-refractivity contribution in [3.63, 3.8) is 0 Å². The molecule has 1 saturated heterocycles. The van der Waals surface area contributed by atoms with E-state index in [9.17, 15) is 8.42 Å². The minimum absolute atomic E-state index is 0.0135. The van der Waals surface area contributed by atoms with Gasteiger partial charge in [-0.05, 0) is 124 Å². The summed E-state index contributed by atoms with van der Waals surface area (Å²) in [6, 6.07) is 0.0135. The SMILES string of the molecule is CC1=C2C[C@H]3[C@@H](CC[C@@H]4C[C@H](NS(N)(=O)=O)CC[C@@]43C)[C@@H]2CC[C@@]2(C1)O[C@@H]1C[C@H](C)CC[C@H]1[C@H]2C. The number of nitrogens with one attached hydrogen (secondary N) is 1. The summed E-state index contributed by atoms with van der Waals surface area (Å²) < 4.78 is 33.1. The Kier molecular flexibility index (Phi) is 6.07. The number of rotatable bonds is 2. The standard InChI is InChI=1S/C29H48N2O3S/c1-17-5-7-22-19(3)29(34-27(22)13-17)12-10-23-24-8-6-20-14-21(31-35(30,32)33)9-11-28(20,4)26(24)15-25(23)18(2)16-29/h17,19-24,26-27,31H,5-16H2,1-4H3,(H2,30,32,33)/t17-,19-,20-,21-,22+,23+,24+,26+,27-,28+,29+/m1/s1. The molecule has 11 atom stereocenters. The van der Waals surface area contributed by atoms with Crippen LogP contribution in [-0.4, -0.2) is 26.2 Å². The highest BCUT2D eigenvalue weighted by atomic mass is 32.2. The molecule has 0 amide bonds. The van der Waals surface area contributed by atoms with Crippen molar-refractivity contribution in [1.29, 1.82) is 0 Å². The van der Waals surface area contributed by atoms with Crippen molar-refractivity contribution < 1.29 is 13.2 Å². The third-order valence-electron chi connectivity index (χ3n) is 12.4. The summed E-state index contributed by atoms with van der Waals surface area (Å²) in [6.07, 6.45) is 15.0. The van der Waals surface area contributed by atoms with E-state index in [1.54, 1.807) is 11.1 Å². The smallest absolute Gasteiger partial charge is 0.274 e. The van der Waals surface area contributed by atoms with Crippen molar-refractivity contribution in [3.8, 4) is 0 Å². The third kappa shape index (κ3) is 4.08. The zero-order chi connectivity index (χ0) is 24.8. The Hall–Kier alpha value is -0.430. The van der Waals surface area contributed by atoms with E-state index >= 15 is 0 Å². The first-order valence-corrected chi connectivity index (χ1v) is 16.2. The first kappa shape index (κ1) is 24.9. The molecule has 0 unspecified atom stereocenters. The molecule has 5 aliphatic carbocycles. The summed E-state index contributed by atoms with van der Waals surface area (Å²) in [5.74, 6) is 5.17. The van der Waals surface area contributed by atoms with E-state index in [1.807, 2.05) is 0 Å². The number of allylic oxidation sites excluding steroid dienone is 1. The normalized spacial score (nSPS) is 52.0. The van der Waals surface area contributed by atoms with Crippen LogP contribution in [0.5, 0.6) is 0 Å². The molecule has 0 aromatic rings. The highest BCUT2D eigenvalue weighted by molar-refractivity contribution is 7.87. The minimum Gasteiger partial charge on any atom is -0.371 e. The van der Waals surface area contributed by atoms with Gasteiger partial charge in [-0.15, -0.1) is 0 Å². The van der Waals surface area contributed by atoms with Crippen molar-refractivity contribution in [1.82, 2.24) is 4.72 Å². The van der Waals surface area contributed by atoms with E-state index in [0.717, 1.165) is 55.3 Å². The molecule has 3 N–H and O–H groups in total. The van der Waals surface area contributed by atoms with Gasteiger partial charge >= 0.3 is 0 Å². The van der Waals surface area contributed by atoms with Crippen LogP contribution in [0.1, 0.15) is 105 Å². The van der Waals surface area contributed by atoms with E-state index in [-0.39, 0.29) is 11.6 Å². The second kappa shape index (κ2) is 8.54. The molecule has 6 aliphatic rings. The lowest BCUT2D eigenvalue weighted by atomic mass is 9.52. The molecule has 0 aromatic heterocycles. The lowest BCUT2D eigenvalue weighted by molar-refractivity contribution is -0.0762. The van der Waals surface area contributed by atoms with Crippen LogP contribution < -0.4 is 9.86 Å². The maximum atomic E-state index is 11.6. The first-order chi connectivity index (χ1) is 16.5. The highest BCUT2D eigenvalue weighted by Gasteiger charge is 2.59. The Labute approximate surface area is 213 Å². The molecule has 4 saturated carbocycles. The average Bonchev–Trinajstić information content (AvgIpc) is 3.23. The fourth-order valence-corrected chi connectivity index (χ4v) is 11.2. The van der Waals surface area contributed by atoms with Crippen LogP contribution in [0, 0.1) is 46.8 Å². The van der Waals surface area contributed by atoms with Crippen LogP contribution in [0.3, 0.4) is 0 Å². The Bertz CT molecular complexity index is 994. The van der Waals surface area contributed by atoms with Crippen molar-refractivity contribution >= 4 is 10.2 Å². The van der Waals surface area contributed by atoms with Gasteiger partial charge in [0.1, 0.15) is 0 Å². The molecule has 5 nitrogen and oxygen atoms in total. The summed E-state index contributed by atoms with van der Waals surface area (Å²) >= 11 is 0. The average molecular weight is 505 g/mol. The van der Waals surface area contributed by atoms with Crippen molar-refractivity contribution in [2.75, 3.05) is 0 Å². The van der Waals surface area contributed by atoms with Crippen LogP contribution in [-0.2, 0) is 14.9 Å². The molecule has 1 aliphatic heterocycles. The summed E-state index contributed by atoms with van der Waals surface area (Å²) in [6.45, 7) is 9.91. The van der Waals surface area contributed by atoms with E-state index < -0.39 is 10.2 Å². The van der Waals surface area contributed by atoms with E-state index in [2.05, 4.69) is 32.4 Å². The zero-order valence-corrected chi connectivity index (χ0v) is 23.2. The lowest BCUT2D eigenvalue weighted by Gasteiger charge is -2.54. The largest absolute Gasteiger partial charge is 0.371 e. The van der Waals surface area contributed by atoms with Crippen molar-refractivity contribution in [3.05, 3.63) is 11.1 Å². The number of nitrogens with two attached hydrogens (primary N) is 1. The fourth-order valence-electron chi connectivity index (χ4n) is 10.6. The van der Waals surface area contributed by atoms with Gasteiger partial charge in [-0.1, -0.05) is 38.3 Å². The topological polar surface area (TPSA) is 81.4 Å². The first-order valence-electron chi connectivity index (χ1n) is 14.7. The fraction of sp³-hybridized carbons (Fsp3) is 0.931. The molecule has 35 heavy (non-hydrogen) atoms. The second-order valence-electron chi connectivity index (χ2n) is 14.1. The summed E-state index contributed by atoms with van der Waals surface area (Å²) in [7, 11) is -3.62. The Balaban J connectivity index is 1.22. The van der Waals surface area contributed by atoms with Crippen molar-refractivity contribution in [2.45, 2.75) is 122 Å². The van der Waals surface area contributed by atoms with Crippen LogP contribution in [0.4, 0.5) is 0 Å². The predicted octanol–water partition coefficient (Wildman–Crippen LogP) is 5.71. The Morgan fingerprint density at radius 2 is 1.77 bits per heavy atom. The van der Waals surface area contributed by atoms with Gasteiger partial charge in [0, 0.05) is 6.04 Å². The Morgan fingerprint density at radius 3 is 2.54 bits per heavy atom. The Morgan fingerprint density at radius 1 is 1.00 bits per heavy atom. The van der Waals surface area contributed by atoms with Gasteiger partial charge in [0.15, 0.2) is 0 Å². The molecule has 5 fully saturated rings. The molecule has 0 bridgehead atoms. The van der Waals surface area contributed by atoms with E-state index in [1.165, 1.54) is 51.4 Å². The van der Waals surface area contributed by atoms with Crippen molar-refractivity contribution in [2.24, 2.45) is 52.0 Å². The highest BCUT2D eigenvalue weighted by Crippen LogP contribution is 2.65. The molecule has 0 radical (unpaired) electrons. The third-order valence-corrected chi connectivity index (χ3v) is 13.1. The molecule has 1 heterocycles. The van der Waals surface area contributed by atoms with Gasteiger partial charge in [-0.25, -0.2) is 5.14 Å². The molecular weight excluding hydrogens is 456 g/mol. The zero-order valence-electron chi connectivity index (χ0n) is 22.4. The predicted molar refractivity (Wildman–Crippen MR) is 140 cm³/mol. The summed E-state index contributed by atoms with van der Waals surface area (Å²) in [5, 5.41) is 5.31. The van der Waals surface area contributed by atoms with Gasteiger partial charge in [0.05, 0.1) is 11.7 Å². The maximum absolute atomic E-state index is 11.6. The number of ether oxygens (including phenoxy) is 1. The quantitative estimate of drug-likeness (QED) is 0.473. The minimum atomic E-state index is -3.62. The number of hydrogen-bond acceptors (Lipinski definition) is 3. The van der Waals surface area contributed by atoms with Crippen LogP contribution in [0.25, 0.3) is 0 Å². The van der Waals surface area contributed by atoms with Crippen LogP contribution in [0.2, 0.25) is 0 Å². The molecule has 6 rings (SSSR count). The summed E-state index contributed by atoms with van der Waals surface area (Å²) in [4.78, 5) is 0. The second-order valence-corrected chi connectivity index (χ2v) is 15.4. The van der Waals surface area contributed by atoms with Gasteiger partial charge in [0.2, 0.25) is 0 Å². The van der Waals surface area contributed by atoms with Gasteiger partial charge < -0.3 is 4.74 Å². The molecule has 198 valence electrons. The summed E-state index contributed by atoms with van der Waals surface area (Å²) in [5.41, 5.74) is 3.86. The molecule has 1 spiro atoms. The maximum Gasteiger partial charge on any atom is 0.274 e.